The summed E-state index contributed by atoms with van der Waals surface area (Å²) in [4.78, 5) is 19.2. The number of hydrogen-bond acceptors (Lipinski definition) is 7. The Kier molecular flexibility index (Phi) is 4.98. The molecule has 1 N–H and O–H groups in total. The average molecular weight is 339 g/mol. The van der Waals surface area contributed by atoms with Gasteiger partial charge in [-0.1, -0.05) is 18.5 Å². The van der Waals surface area contributed by atoms with Crippen molar-refractivity contribution >= 4 is 11.4 Å². The number of anilines is 1. The summed E-state index contributed by atoms with van der Waals surface area (Å²) in [6, 6.07) is 8.37. The SMILES string of the molecule is CCCCNc1ccc(-c2noc(-c3ccncc3)n2)cc1[N+](=O)[O-]. The van der Waals surface area contributed by atoms with Crippen molar-refractivity contribution in [2.24, 2.45) is 0 Å². The lowest BCUT2D eigenvalue weighted by Gasteiger charge is -2.07. The van der Waals surface area contributed by atoms with E-state index >= 15 is 0 Å². The van der Waals surface area contributed by atoms with Gasteiger partial charge in [-0.3, -0.25) is 15.1 Å². The van der Waals surface area contributed by atoms with Crippen LogP contribution >= 0.6 is 0 Å². The molecule has 0 aliphatic rings. The minimum Gasteiger partial charge on any atom is -0.379 e. The molecule has 3 aromatic rings. The van der Waals surface area contributed by atoms with Crippen molar-refractivity contribution in [3.63, 3.8) is 0 Å². The smallest absolute Gasteiger partial charge is 0.293 e. The van der Waals surface area contributed by atoms with Gasteiger partial charge in [-0.15, -0.1) is 0 Å². The molecule has 0 amide bonds. The Morgan fingerprint density at radius 1 is 1.20 bits per heavy atom. The van der Waals surface area contributed by atoms with Crippen molar-refractivity contribution in [3.8, 4) is 22.8 Å². The van der Waals surface area contributed by atoms with Crippen LogP contribution in [0.15, 0.2) is 47.2 Å². The highest BCUT2D eigenvalue weighted by Crippen LogP contribution is 2.30. The minimum absolute atomic E-state index is 0.0103. The van der Waals surface area contributed by atoms with Crippen molar-refractivity contribution in [1.82, 2.24) is 15.1 Å². The van der Waals surface area contributed by atoms with Gasteiger partial charge in [0.05, 0.1) is 4.92 Å². The highest BCUT2D eigenvalue weighted by atomic mass is 16.6. The van der Waals surface area contributed by atoms with E-state index in [9.17, 15) is 10.1 Å². The topological polar surface area (TPSA) is 107 Å². The van der Waals surface area contributed by atoms with Crippen molar-refractivity contribution < 1.29 is 9.45 Å². The summed E-state index contributed by atoms with van der Waals surface area (Å²) in [6.07, 6.45) is 5.21. The Morgan fingerprint density at radius 3 is 2.72 bits per heavy atom. The molecule has 1 aromatic carbocycles. The van der Waals surface area contributed by atoms with Gasteiger partial charge in [0.1, 0.15) is 5.69 Å². The second-order valence-electron chi connectivity index (χ2n) is 5.43. The molecule has 3 rings (SSSR count). The lowest BCUT2D eigenvalue weighted by atomic mass is 10.1. The summed E-state index contributed by atoms with van der Waals surface area (Å²) in [5.41, 5.74) is 1.74. The van der Waals surface area contributed by atoms with Gasteiger partial charge in [-0.05, 0) is 30.7 Å². The van der Waals surface area contributed by atoms with Crippen molar-refractivity contribution in [1.29, 1.82) is 0 Å². The standard InChI is InChI=1S/C17H17N5O3/c1-2-3-8-19-14-5-4-13(11-15(14)22(23)24)16-20-17(25-21-16)12-6-9-18-10-7-12/h4-7,9-11,19H,2-3,8H2,1H3. The molecule has 0 fully saturated rings. The summed E-state index contributed by atoms with van der Waals surface area (Å²) in [5.74, 6) is 0.639. The molecule has 0 unspecified atom stereocenters. The number of benzene rings is 1. The van der Waals surface area contributed by atoms with Crippen LogP contribution in [0.1, 0.15) is 19.8 Å². The molecular formula is C17H17N5O3. The van der Waals surface area contributed by atoms with E-state index in [1.165, 1.54) is 6.07 Å². The third-order valence-electron chi connectivity index (χ3n) is 3.65. The first-order valence-electron chi connectivity index (χ1n) is 7.96. The van der Waals surface area contributed by atoms with Crippen LogP contribution in [0.25, 0.3) is 22.8 Å². The fourth-order valence-electron chi connectivity index (χ4n) is 2.32. The van der Waals surface area contributed by atoms with Gasteiger partial charge >= 0.3 is 0 Å². The number of rotatable bonds is 7. The molecule has 0 atom stereocenters. The van der Waals surface area contributed by atoms with Crippen LogP contribution < -0.4 is 5.32 Å². The van der Waals surface area contributed by atoms with E-state index in [2.05, 4.69) is 27.4 Å². The molecule has 2 heterocycles. The lowest BCUT2D eigenvalue weighted by Crippen LogP contribution is -2.04. The maximum Gasteiger partial charge on any atom is 0.293 e. The highest BCUT2D eigenvalue weighted by molar-refractivity contribution is 5.71. The monoisotopic (exact) mass is 339 g/mol. The lowest BCUT2D eigenvalue weighted by molar-refractivity contribution is -0.383. The quantitative estimate of drug-likeness (QED) is 0.395. The van der Waals surface area contributed by atoms with E-state index in [4.69, 9.17) is 4.52 Å². The van der Waals surface area contributed by atoms with Gasteiger partial charge in [0.15, 0.2) is 0 Å². The van der Waals surface area contributed by atoms with Gasteiger partial charge in [-0.2, -0.15) is 4.98 Å². The number of nitro benzene ring substituents is 1. The van der Waals surface area contributed by atoms with Crippen LogP contribution in [0.5, 0.6) is 0 Å². The molecule has 0 bridgehead atoms. The molecule has 8 heteroatoms. The van der Waals surface area contributed by atoms with E-state index < -0.39 is 4.92 Å². The molecule has 25 heavy (non-hydrogen) atoms. The molecule has 0 spiro atoms. The predicted molar refractivity (Wildman–Crippen MR) is 93.0 cm³/mol. The molecular weight excluding hydrogens is 322 g/mol. The van der Waals surface area contributed by atoms with Gasteiger partial charge in [-0.25, -0.2) is 0 Å². The van der Waals surface area contributed by atoms with Crippen molar-refractivity contribution in [2.75, 3.05) is 11.9 Å². The summed E-state index contributed by atoms with van der Waals surface area (Å²) in [5, 5.41) is 18.4. The molecule has 2 aromatic heterocycles. The first-order valence-corrected chi connectivity index (χ1v) is 7.96. The zero-order valence-electron chi connectivity index (χ0n) is 13.7. The van der Waals surface area contributed by atoms with E-state index in [1.54, 1.807) is 36.7 Å². The van der Waals surface area contributed by atoms with Crippen LogP contribution in [0.4, 0.5) is 11.4 Å². The Hall–Kier alpha value is -3.29. The fraction of sp³-hybridized carbons (Fsp3) is 0.235. The maximum atomic E-state index is 11.4. The number of hydrogen-bond donors (Lipinski definition) is 1. The highest BCUT2D eigenvalue weighted by Gasteiger charge is 2.18. The third-order valence-corrected chi connectivity index (χ3v) is 3.65. The Bertz CT molecular complexity index is 864. The number of nitrogens with zero attached hydrogens (tertiary/aromatic N) is 4. The predicted octanol–water partition coefficient (Wildman–Crippen LogP) is 3.92. The summed E-state index contributed by atoms with van der Waals surface area (Å²) in [6.45, 7) is 2.75. The minimum atomic E-state index is -0.415. The van der Waals surface area contributed by atoms with E-state index in [1.807, 2.05) is 0 Å². The van der Waals surface area contributed by atoms with Gasteiger partial charge < -0.3 is 9.84 Å². The average Bonchev–Trinajstić information content (AvgIpc) is 3.13. The van der Waals surface area contributed by atoms with Crippen LogP contribution in [0.3, 0.4) is 0 Å². The molecule has 0 radical (unpaired) electrons. The second kappa shape index (κ2) is 7.52. The number of nitro groups is 1. The normalized spacial score (nSPS) is 10.6. The molecule has 8 nitrogen and oxygen atoms in total. The Morgan fingerprint density at radius 2 is 2.00 bits per heavy atom. The van der Waals surface area contributed by atoms with Crippen LogP contribution in [-0.2, 0) is 0 Å². The number of nitrogens with one attached hydrogen (secondary N) is 1. The van der Waals surface area contributed by atoms with Crippen LogP contribution in [0, 0.1) is 10.1 Å². The molecule has 0 saturated carbocycles. The molecule has 0 aliphatic heterocycles. The maximum absolute atomic E-state index is 11.4. The van der Waals surface area contributed by atoms with Crippen molar-refractivity contribution in [3.05, 3.63) is 52.8 Å². The van der Waals surface area contributed by atoms with E-state index in [0.717, 1.165) is 18.4 Å². The molecule has 0 saturated heterocycles. The first kappa shape index (κ1) is 16.6. The molecule has 0 aliphatic carbocycles. The molecule has 128 valence electrons. The van der Waals surface area contributed by atoms with E-state index in [0.29, 0.717) is 29.5 Å². The van der Waals surface area contributed by atoms with Crippen LogP contribution in [-0.4, -0.2) is 26.6 Å². The second-order valence-corrected chi connectivity index (χ2v) is 5.43. The van der Waals surface area contributed by atoms with E-state index in [-0.39, 0.29) is 5.69 Å². The largest absolute Gasteiger partial charge is 0.379 e. The fourth-order valence-corrected chi connectivity index (χ4v) is 2.32. The van der Waals surface area contributed by atoms with Crippen LogP contribution in [0.2, 0.25) is 0 Å². The van der Waals surface area contributed by atoms with Gasteiger partial charge in [0, 0.05) is 36.1 Å². The number of pyridine rings is 1. The third kappa shape index (κ3) is 3.79. The zero-order chi connectivity index (χ0) is 17.6. The van der Waals surface area contributed by atoms with Gasteiger partial charge in [0.25, 0.3) is 11.6 Å². The zero-order valence-corrected chi connectivity index (χ0v) is 13.7. The number of aromatic nitrogens is 3. The first-order chi connectivity index (χ1) is 12.2. The summed E-state index contributed by atoms with van der Waals surface area (Å²) in [7, 11) is 0. The summed E-state index contributed by atoms with van der Waals surface area (Å²) < 4.78 is 5.24. The summed E-state index contributed by atoms with van der Waals surface area (Å²) >= 11 is 0. The number of unbranched alkanes of at least 4 members (excludes halogenated alkanes) is 1. The Balaban J connectivity index is 1.89. The van der Waals surface area contributed by atoms with Crippen molar-refractivity contribution in [2.45, 2.75) is 19.8 Å². The van der Waals surface area contributed by atoms with Gasteiger partial charge in [0.2, 0.25) is 5.82 Å². The Labute approximate surface area is 144 Å².